The van der Waals surface area contributed by atoms with Crippen molar-refractivity contribution in [3.8, 4) is 11.4 Å². The summed E-state index contributed by atoms with van der Waals surface area (Å²) in [6, 6.07) is 20.8. The summed E-state index contributed by atoms with van der Waals surface area (Å²) in [6.07, 6.45) is 1.43. The Morgan fingerprint density at radius 3 is 2.33 bits per heavy atom. The molecular formula is C33H39N7O3. The number of nitrogens with one attached hydrogen (secondary N) is 2. The molecule has 1 aromatic heterocycles. The number of nitrogens with two attached hydrogens (primary N) is 1. The van der Waals surface area contributed by atoms with Crippen LogP contribution in [0.15, 0.2) is 66.7 Å². The third-order valence-electron chi connectivity index (χ3n) is 7.66. The molecule has 0 radical (unpaired) electrons. The highest BCUT2D eigenvalue weighted by Gasteiger charge is 2.19. The Morgan fingerprint density at radius 1 is 0.977 bits per heavy atom. The number of nitrogen functional groups attached to an aromatic ring is 1. The number of nitrogens with zero attached hydrogens (tertiary/aromatic N) is 4. The van der Waals surface area contributed by atoms with E-state index in [4.69, 9.17) is 5.73 Å². The van der Waals surface area contributed by atoms with E-state index in [2.05, 4.69) is 51.3 Å². The van der Waals surface area contributed by atoms with Crippen LogP contribution in [0, 0.1) is 0 Å². The first-order valence-corrected chi connectivity index (χ1v) is 14.5. The zero-order valence-electron chi connectivity index (χ0n) is 24.8. The molecule has 1 fully saturated rings. The van der Waals surface area contributed by atoms with E-state index in [-0.39, 0.29) is 41.8 Å². The summed E-state index contributed by atoms with van der Waals surface area (Å²) < 4.78 is 0. The topological polar surface area (TPSA) is 150 Å². The van der Waals surface area contributed by atoms with Gasteiger partial charge in [-0.05, 0) is 59.7 Å². The lowest BCUT2D eigenvalue weighted by Crippen LogP contribution is -2.35. The molecule has 2 heterocycles. The molecule has 1 aliphatic heterocycles. The fourth-order valence-corrected chi connectivity index (χ4v) is 5.13. The van der Waals surface area contributed by atoms with E-state index in [1.807, 2.05) is 36.4 Å². The summed E-state index contributed by atoms with van der Waals surface area (Å²) >= 11 is 0. The summed E-state index contributed by atoms with van der Waals surface area (Å²) in [4.78, 5) is 28.6. The van der Waals surface area contributed by atoms with E-state index in [0.29, 0.717) is 22.4 Å². The highest BCUT2D eigenvalue weighted by Crippen LogP contribution is 2.30. The molecule has 0 unspecified atom stereocenters. The van der Waals surface area contributed by atoms with Crippen molar-refractivity contribution < 1.29 is 15.0 Å². The molecule has 0 spiro atoms. The van der Waals surface area contributed by atoms with E-state index in [1.54, 1.807) is 30.3 Å². The fraction of sp³-hybridized carbons (Fsp3) is 0.333. The molecule has 6 N–H and O–H groups in total. The van der Waals surface area contributed by atoms with Crippen molar-refractivity contribution in [1.29, 1.82) is 0 Å². The van der Waals surface area contributed by atoms with Gasteiger partial charge in [0, 0.05) is 47.7 Å². The molecule has 4 aromatic rings. The van der Waals surface area contributed by atoms with Gasteiger partial charge < -0.3 is 26.6 Å². The second kappa shape index (κ2) is 12.9. The first-order valence-electron chi connectivity index (χ1n) is 14.5. The SMILES string of the molecule is CC(C)(C)c1ccc(C(=O)Nc2cccc(-c3nc(N)nc(Nc4ccc(CN5CCC(O)CC5)cc4)n3)c2CO)cc1. The minimum Gasteiger partial charge on any atom is -0.393 e. The van der Waals surface area contributed by atoms with Gasteiger partial charge in [0.2, 0.25) is 11.9 Å². The predicted octanol–water partition coefficient (Wildman–Crippen LogP) is 4.86. The molecular weight excluding hydrogens is 542 g/mol. The number of hydrogen-bond acceptors (Lipinski definition) is 9. The third-order valence-corrected chi connectivity index (χ3v) is 7.66. The highest BCUT2D eigenvalue weighted by atomic mass is 16.3. The van der Waals surface area contributed by atoms with Gasteiger partial charge in [-0.3, -0.25) is 9.69 Å². The predicted molar refractivity (Wildman–Crippen MR) is 169 cm³/mol. The average molecular weight is 582 g/mol. The van der Waals surface area contributed by atoms with Crippen LogP contribution < -0.4 is 16.4 Å². The number of aliphatic hydroxyl groups excluding tert-OH is 2. The second-order valence-corrected chi connectivity index (χ2v) is 11.9. The van der Waals surface area contributed by atoms with Crippen LogP contribution in [-0.2, 0) is 18.6 Å². The molecule has 1 aliphatic rings. The normalized spacial score (nSPS) is 14.4. The van der Waals surface area contributed by atoms with E-state index in [0.717, 1.165) is 43.7 Å². The Labute approximate surface area is 252 Å². The van der Waals surface area contributed by atoms with Crippen molar-refractivity contribution in [2.45, 2.75) is 58.3 Å². The van der Waals surface area contributed by atoms with Gasteiger partial charge in [0.15, 0.2) is 5.82 Å². The van der Waals surface area contributed by atoms with Gasteiger partial charge in [0.25, 0.3) is 5.91 Å². The fourth-order valence-electron chi connectivity index (χ4n) is 5.13. The average Bonchev–Trinajstić information content (AvgIpc) is 2.98. The van der Waals surface area contributed by atoms with E-state index in [1.165, 1.54) is 5.56 Å². The molecule has 1 saturated heterocycles. The Morgan fingerprint density at radius 2 is 1.67 bits per heavy atom. The highest BCUT2D eigenvalue weighted by molar-refractivity contribution is 6.05. The Bertz CT molecular complexity index is 1560. The summed E-state index contributed by atoms with van der Waals surface area (Å²) in [7, 11) is 0. The van der Waals surface area contributed by atoms with Crippen molar-refractivity contribution in [3.63, 3.8) is 0 Å². The molecule has 10 nitrogen and oxygen atoms in total. The Balaban J connectivity index is 1.32. The van der Waals surface area contributed by atoms with E-state index < -0.39 is 0 Å². The number of aromatic nitrogens is 3. The van der Waals surface area contributed by atoms with Crippen LogP contribution in [0.5, 0.6) is 0 Å². The molecule has 0 aliphatic carbocycles. The van der Waals surface area contributed by atoms with Crippen LogP contribution in [-0.4, -0.2) is 55.2 Å². The number of anilines is 4. The van der Waals surface area contributed by atoms with Crippen molar-refractivity contribution in [2.24, 2.45) is 0 Å². The van der Waals surface area contributed by atoms with Gasteiger partial charge in [-0.1, -0.05) is 57.2 Å². The van der Waals surface area contributed by atoms with Crippen LogP contribution in [0.4, 0.5) is 23.3 Å². The van der Waals surface area contributed by atoms with Crippen LogP contribution in [0.25, 0.3) is 11.4 Å². The number of aliphatic hydroxyl groups is 2. The van der Waals surface area contributed by atoms with E-state index >= 15 is 0 Å². The zero-order chi connectivity index (χ0) is 30.6. The minimum absolute atomic E-state index is 0.0181. The maximum Gasteiger partial charge on any atom is 0.255 e. The number of carbonyl (C=O) groups is 1. The first kappa shape index (κ1) is 30.1. The molecule has 10 heteroatoms. The van der Waals surface area contributed by atoms with Crippen molar-refractivity contribution in [2.75, 3.05) is 29.5 Å². The molecule has 3 aromatic carbocycles. The third kappa shape index (κ3) is 7.53. The van der Waals surface area contributed by atoms with Crippen LogP contribution >= 0.6 is 0 Å². The number of benzene rings is 3. The zero-order valence-corrected chi connectivity index (χ0v) is 24.8. The molecule has 5 rings (SSSR count). The van der Waals surface area contributed by atoms with Gasteiger partial charge in [-0.25, -0.2) is 0 Å². The van der Waals surface area contributed by atoms with Gasteiger partial charge >= 0.3 is 0 Å². The summed E-state index contributed by atoms with van der Waals surface area (Å²) in [5.41, 5.74) is 11.1. The van der Waals surface area contributed by atoms with E-state index in [9.17, 15) is 15.0 Å². The molecule has 0 atom stereocenters. The Hall–Kier alpha value is -4.38. The molecule has 43 heavy (non-hydrogen) atoms. The lowest BCUT2D eigenvalue weighted by atomic mass is 9.86. The number of hydrogen-bond donors (Lipinski definition) is 5. The van der Waals surface area contributed by atoms with Crippen LogP contribution in [0.1, 0.15) is 60.7 Å². The Kier molecular flexibility index (Phi) is 9.00. The molecule has 0 saturated carbocycles. The lowest BCUT2D eigenvalue weighted by Gasteiger charge is -2.29. The molecule has 1 amide bonds. The smallest absolute Gasteiger partial charge is 0.255 e. The van der Waals surface area contributed by atoms with Crippen LogP contribution in [0.2, 0.25) is 0 Å². The standard InChI is InChI=1S/C33H39N7O3/c1-33(2,3)23-11-9-22(10-12-23)30(43)36-28-6-4-5-26(27(28)20-41)29-37-31(34)39-32(38-29)35-24-13-7-21(8-14-24)19-40-17-15-25(42)16-18-40/h4-14,25,41-42H,15-20H2,1-3H3,(H,36,43)(H3,34,35,37,38,39). The summed E-state index contributed by atoms with van der Waals surface area (Å²) in [6.45, 7) is 8.62. The summed E-state index contributed by atoms with van der Waals surface area (Å²) in [5, 5.41) is 26.2. The number of amides is 1. The molecule has 224 valence electrons. The quantitative estimate of drug-likeness (QED) is 0.197. The van der Waals surface area contributed by atoms with Crippen molar-refractivity contribution in [3.05, 3.63) is 89.0 Å². The number of likely N-dealkylation sites (tertiary alicyclic amines) is 1. The number of carbonyl (C=O) groups excluding carboxylic acids is 1. The van der Waals surface area contributed by atoms with Gasteiger partial charge in [-0.2, -0.15) is 15.0 Å². The molecule has 0 bridgehead atoms. The van der Waals surface area contributed by atoms with Crippen molar-refractivity contribution in [1.82, 2.24) is 19.9 Å². The minimum atomic E-state index is -0.347. The maximum absolute atomic E-state index is 13.1. The number of rotatable bonds is 8. The van der Waals surface area contributed by atoms with Crippen LogP contribution in [0.3, 0.4) is 0 Å². The van der Waals surface area contributed by atoms with Gasteiger partial charge in [-0.15, -0.1) is 0 Å². The monoisotopic (exact) mass is 581 g/mol. The van der Waals surface area contributed by atoms with Gasteiger partial charge in [0.05, 0.1) is 12.7 Å². The van der Waals surface area contributed by atoms with Gasteiger partial charge in [0.1, 0.15) is 0 Å². The first-order chi connectivity index (χ1) is 20.6. The maximum atomic E-state index is 13.1. The second-order valence-electron chi connectivity index (χ2n) is 11.9. The summed E-state index contributed by atoms with van der Waals surface area (Å²) in [5.74, 6) is 0.269. The largest absolute Gasteiger partial charge is 0.393 e. The number of piperidine rings is 1. The lowest BCUT2D eigenvalue weighted by molar-refractivity contribution is 0.0792. The van der Waals surface area contributed by atoms with Crippen molar-refractivity contribution >= 4 is 29.2 Å².